The maximum absolute atomic E-state index is 12.0. The lowest BCUT2D eigenvalue weighted by Crippen LogP contribution is -2.44. The molecule has 1 saturated heterocycles. The molecule has 0 saturated carbocycles. The molecule has 1 fully saturated rings. The molecular weight excluding hydrogens is 256 g/mol. The van der Waals surface area contributed by atoms with Crippen molar-refractivity contribution in [2.75, 3.05) is 13.7 Å². The van der Waals surface area contributed by atoms with Gasteiger partial charge in [0.25, 0.3) is 0 Å². The fraction of sp³-hybridized carbons (Fsp3) is 0.533. The Kier molecular flexibility index (Phi) is 4.98. The van der Waals surface area contributed by atoms with Crippen molar-refractivity contribution in [3.8, 4) is 5.75 Å². The highest BCUT2D eigenvalue weighted by atomic mass is 16.5. The number of nitrogens with one attached hydrogen (secondary N) is 2. The molecule has 3 unspecified atom stereocenters. The Bertz CT molecular complexity index is 464. The van der Waals surface area contributed by atoms with Gasteiger partial charge in [-0.25, -0.2) is 0 Å². The van der Waals surface area contributed by atoms with Crippen molar-refractivity contribution in [2.24, 2.45) is 0 Å². The number of rotatable bonds is 5. The molecule has 1 aromatic carbocycles. The third-order valence-electron chi connectivity index (χ3n) is 3.53. The molecule has 2 rings (SSSR count). The molecule has 1 amide bonds. The molecule has 1 heterocycles. The van der Waals surface area contributed by atoms with E-state index in [-0.39, 0.29) is 18.0 Å². The van der Waals surface area contributed by atoms with Gasteiger partial charge in [0.1, 0.15) is 5.75 Å². The second-order valence-corrected chi connectivity index (χ2v) is 5.28. The van der Waals surface area contributed by atoms with Crippen LogP contribution < -0.4 is 15.4 Å². The summed E-state index contributed by atoms with van der Waals surface area (Å²) < 4.78 is 5.31. The number of methoxy groups -OCH3 is 1. The van der Waals surface area contributed by atoms with E-state index in [2.05, 4.69) is 10.6 Å². The number of carbonyl (C=O) groups is 1. The summed E-state index contributed by atoms with van der Waals surface area (Å²) in [7, 11) is 1.64. The largest absolute Gasteiger partial charge is 0.496 e. The molecule has 110 valence electrons. The zero-order valence-electron chi connectivity index (χ0n) is 11.9. The first kappa shape index (κ1) is 14.8. The van der Waals surface area contributed by atoms with E-state index >= 15 is 0 Å². The first-order valence-corrected chi connectivity index (χ1v) is 6.94. The molecule has 1 aliphatic heterocycles. The minimum Gasteiger partial charge on any atom is -0.496 e. The average Bonchev–Trinajstić information content (AvgIpc) is 2.86. The number of aliphatic hydroxyl groups is 1. The first-order valence-electron chi connectivity index (χ1n) is 6.94. The number of hydrogen-bond donors (Lipinski definition) is 3. The number of hydrogen-bond acceptors (Lipinski definition) is 4. The summed E-state index contributed by atoms with van der Waals surface area (Å²) in [5, 5.41) is 15.4. The first-order chi connectivity index (χ1) is 9.60. The summed E-state index contributed by atoms with van der Waals surface area (Å²) in [4.78, 5) is 12.0. The van der Waals surface area contributed by atoms with Gasteiger partial charge < -0.3 is 20.5 Å². The highest BCUT2D eigenvalue weighted by Gasteiger charge is 2.28. The highest BCUT2D eigenvalue weighted by molar-refractivity contribution is 5.82. The van der Waals surface area contributed by atoms with E-state index < -0.39 is 6.10 Å². The number of benzene rings is 1. The molecule has 0 aliphatic carbocycles. The third kappa shape index (κ3) is 3.71. The summed E-state index contributed by atoms with van der Waals surface area (Å²) in [6.45, 7) is 2.45. The fourth-order valence-electron chi connectivity index (χ4n) is 2.51. The summed E-state index contributed by atoms with van der Waals surface area (Å²) in [5.41, 5.74) is 1.07. The average molecular weight is 278 g/mol. The lowest BCUT2D eigenvalue weighted by atomic mass is 10.1. The molecule has 1 aromatic rings. The van der Waals surface area contributed by atoms with Gasteiger partial charge in [-0.3, -0.25) is 4.79 Å². The van der Waals surface area contributed by atoms with Crippen LogP contribution in [-0.2, 0) is 11.2 Å². The third-order valence-corrected chi connectivity index (χ3v) is 3.53. The van der Waals surface area contributed by atoms with Crippen molar-refractivity contribution in [1.82, 2.24) is 10.6 Å². The van der Waals surface area contributed by atoms with Crippen molar-refractivity contribution >= 4 is 5.91 Å². The maximum atomic E-state index is 12.0. The Morgan fingerprint density at radius 1 is 1.55 bits per heavy atom. The van der Waals surface area contributed by atoms with E-state index in [9.17, 15) is 9.90 Å². The Morgan fingerprint density at radius 3 is 2.95 bits per heavy atom. The fourth-order valence-corrected chi connectivity index (χ4v) is 2.51. The van der Waals surface area contributed by atoms with Gasteiger partial charge in [0.2, 0.25) is 5.91 Å². The Morgan fingerprint density at radius 2 is 2.30 bits per heavy atom. The van der Waals surface area contributed by atoms with E-state index in [4.69, 9.17) is 4.74 Å². The van der Waals surface area contributed by atoms with Crippen LogP contribution in [-0.4, -0.2) is 42.9 Å². The van der Waals surface area contributed by atoms with Crippen molar-refractivity contribution in [1.29, 1.82) is 0 Å². The highest BCUT2D eigenvalue weighted by Crippen LogP contribution is 2.19. The standard InChI is InChI=1S/C15H22N2O3/c1-10(7-11-5-3-4-6-14(11)20-2)17-15(19)13-8-12(18)9-16-13/h3-6,10,12-13,16,18H,7-9H2,1-2H3,(H,17,19). The van der Waals surface area contributed by atoms with Gasteiger partial charge in [0, 0.05) is 12.6 Å². The van der Waals surface area contributed by atoms with Crippen LogP contribution in [0.5, 0.6) is 5.75 Å². The smallest absolute Gasteiger partial charge is 0.237 e. The Hall–Kier alpha value is -1.59. The minimum atomic E-state index is -0.421. The topological polar surface area (TPSA) is 70.6 Å². The Labute approximate surface area is 119 Å². The number of amides is 1. The molecule has 3 N–H and O–H groups in total. The number of aliphatic hydroxyl groups excluding tert-OH is 1. The Balaban J connectivity index is 1.89. The van der Waals surface area contributed by atoms with E-state index in [0.717, 1.165) is 11.3 Å². The predicted octanol–water partition coefficient (Wildman–Crippen LogP) is 0.465. The van der Waals surface area contributed by atoms with Crippen molar-refractivity contribution in [3.63, 3.8) is 0 Å². The van der Waals surface area contributed by atoms with Crippen LogP contribution in [0.2, 0.25) is 0 Å². The van der Waals surface area contributed by atoms with Crippen LogP contribution in [0.4, 0.5) is 0 Å². The van der Waals surface area contributed by atoms with Crippen LogP contribution in [0.3, 0.4) is 0 Å². The van der Waals surface area contributed by atoms with Crippen molar-refractivity contribution < 1.29 is 14.6 Å². The summed E-state index contributed by atoms with van der Waals surface area (Å²) >= 11 is 0. The minimum absolute atomic E-state index is 0.0124. The van der Waals surface area contributed by atoms with E-state index in [1.807, 2.05) is 31.2 Å². The molecule has 5 heteroatoms. The lowest BCUT2D eigenvalue weighted by Gasteiger charge is -2.18. The molecule has 20 heavy (non-hydrogen) atoms. The van der Waals surface area contributed by atoms with Gasteiger partial charge in [-0.2, -0.15) is 0 Å². The summed E-state index contributed by atoms with van der Waals surface area (Å²) in [6.07, 6.45) is 0.772. The predicted molar refractivity (Wildman–Crippen MR) is 76.7 cm³/mol. The SMILES string of the molecule is COc1ccccc1CC(C)NC(=O)C1CC(O)CN1. The monoisotopic (exact) mass is 278 g/mol. The van der Waals surface area contributed by atoms with Gasteiger partial charge in [-0.15, -0.1) is 0 Å². The second kappa shape index (κ2) is 6.72. The van der Waals surface area contributed by atoms with Gasteiger partial charge >= 0.3 is 0 Å². The van der Waals surface area contributed by atoms with Crippen molar-refractivity contribution in [3.05, 3.63) is 29.8 Å². The van der Waals surface area contributed by atoms with Crippen LogP contribution >= 0.6 is 0 Å². The zero-order chi connectivity index (χ0) is 14.5. The van der Waals surface area contributed by atoms with Gasteiger partial charge in [-0.05, 0) is 31.4 Å². The van der Waals surface area contributed by atoms with Gasteiger partial charge in [0.15, 0.2) is 0 Å². The van der Waals surface area contributed by atoms with Crippen molar-refractivity contribution in [2.45, 2.75) is 38.0 Å². The van der Waals surface area contributed by atoms with E-state index in [0.29, 0.717) is 19.4 Å². The molecular formula is C15H22N2O3. The quantitative estimate of drug-likeness (QED) is 0.732. The maximum Gasteiger partial charge on any atom is 0.237 e. The normalized spacial score (nSPS) is 23.4. The summed E-state index contributed by atoms with van der Waals surface area (Å²) in [5.74, 6) is 0.784. The van der Waals surface area contributed by atoms with Gasteiger partial charge in [-0.1, -0.05) is 18.2 Å². The van der Waals surface area contributed by atoms with Crippen LogP contribution in [0, 0.1) is 0 Å². The van der Waals surface area contributed by atoms with Crippen LogP contribution in [0.15, 0.2) is 24.3 Å². The molecule has 0 aromatic heterocycles. The van der Waals surface area contributed by atoms with E-state index in [1.54, 1.807) is 7.11 Å². The number of ether oxygens (including phenoxy) is 1. The lowest BCUT2D eigenvalue weighted by molar-refractivity contribution is -0.123. The van der Waals surface area contributed by atoms with E-state index in [1.165, 1.54) is 0 Å². The molecule has 0 bridgehead atoms. The molecule has 3 atom stereocenters. The molecule has 1 aliphatic rings. The summed E-state index contributed by atoms with van der Waals surface area (Å²) in [6, 6.07) is 7.53. The van der Waals surface area contributed by atoms with Crippen LogP contribution in [0.25, 0.3) is 0 Å². The zero-order valence-corrected chi connectivity index (χ0v) is 11.9. The number of para-hydroxylation sites is 1. The van der Waals surface area contributed by atoms with Crippen LogP contribution in [0.1, 0.15) is 18.9 Å². The number of β-amino-alcohol motifs (C(OH)–C–C–N with tert-alkyl or cyclic N) is 1. The molecule has 5 nitrogen and oxygen atoms in total. The second-order valence-electron chi connectivity index (χ2n) is 5.28. The van der Waals surface area contributed by atoms with Gasteiger partial charge in [0.05, 0.1) is 19.3 Å². The molecule has 0 spiro atoms. The molecule has 0 radical (unpaired) electrons. The number of carbonyl (C=O) groups excluding carboxylic acids is 1.